The van der Waals surface area contributed by atoms with Crippen LogP contribution in [0.1, 0.15) is 6.92 Å². The van der Waals surface area contributed by atoms with Gasteiger partial charge in [-0.1, -0.05) is 6.92 Å². The van der Waals surface area contributed by atoms with Crippen molar-refractivity contribution in [1.82, 2.24) is 15.1 Å². The zero-order chi connectivity index (χ0) is 13.3. The van der Waals surface area contributed by atoms with Crippen molar-refractivity contribution in [3.63, 3.8) is 0 Å². The van der Waals surface area contributed by atoms with E-state index >= 15 is 0 Å². The van der Waals surface area contributed by atoms with Crippen molar-refractivity contribution < 1.29 is 19.5 Å². The summed E-state index contributed by atoms with van der Waals surface area (Å²) < 4.78 is 0. The Balaban J connectivity index is 1.98. The minimum Gasteiger partial charge on any atom is -0.481 e. The zero-order valence-electron chi connectivity index (χ0n) is 10.3. The number of nitrogens with one attached hydrogen (secondary N) is 1. The summed E-state index contributed by atoms with van der Waals surface area (Å²) in [5, 5.41) is 11.7. The van der Waals surface area contributed by atoms with Crippen LogP contribution in [-0.2, 0) is 9.59 Å². The molecule has 0 radical (unpaired) electrons. The second kappa shape index (κ2) is 4.83. The molecule has 2 unspecified atom stereocenters. The molecule has 7 heteroatoms. The van der Waals surface area contributed by atoms with Crippen molar-refractivity contribution >= 4 is 17.9 Å². The molecule has 2 atom stereocenters. The Bertz CT molecular complexity index is 384. The fourth-order valence-electron chi connectivity index (χ4n) is 2.45. The van der Waals surface area contributed by atoms with Gasteiger partial charge < -0.3 is 20.2 Å². The summed E-state index contributed by atoms with van der Waals surface area (Å²) in [6.07, 6.45) is 0. The number of carbonyl (C=O) groups excluding carboxylic acids is 2. The van der Waals surface area contributed by atoms with Gasteiger partial charge in [0.15, 0.2) is 0 Å². The number of amides is 3. The predicted molar refractivity (Wildman–Crippen MR) is 61.8 cm³/mol. The number of carbonyl (C=O) groups is 3. The standard InChI is InChI=1S/C11H17N3O4/c1-7-4-14(5-8(7)10(16)17)11(18)13-3-2-12-9(15)6-13/h7-8H,2-6H2,1H3,(H,12,15)(H,16,17). The summed E-state index contributed by atoms with van der Waals surface area (Å²) in [5.41, 5.74) is 0. The molecule has 0 aromatic rings. The van der Waals surface area contributed by atoms with Crippen molar-refractivity contribution in [2.75, 3.05) is 32.7 Å². The van der Waals surface area contributed by atoms with E-state index in [4.69, 9.17) is 5.11 Å². The number of carboxylic acid groups (broad SMARTS) is 1. The molecule has 100 valence electrons. The maximum Gasteiger partial charge on any atom is 0.320 e. The normalized spacial score (nSPS) is 28.2. The van der Waals surface area contributed by atoms with Gasteiger partial charge in [0.1, 0.15) is 6.54 Å². The summed E-state index contributed by atoms with van der Waals surface area (Å²) >= 11 is 0. The van der Waals surface area contributed by atoms with Crippen LogP contribution in [0.2, 0.25) is 0 Å². The van der Waals surface area contributed by atoms with Crippen LogP contribution in [-0.4, -0.2) is 65.5 Å². The number of hydrogen-bond acceptors (Lipinski definition) is 3. The van der Waals surface area contributed by atoms with Crippen molar-refractivity contribution in [3.05, 3.63) is 0 Å². The van der Waals surface area contributed by atoms with Crippen molar-refractivity contribution in [1.29, 1.82) is 0 Å². The summed E-state index contributed by atoms with van der Waals surface area (Å²) in [6, 6.07) is -0.236. The largest absolute Gasteiger partial charge is 0.481 e. The molecule has 0 spiro atoms. The minimum absolute atomic E-state index is 0.0509. The number of rotatable bonds is 1. The van der Waals surface area contributed by atoms with Crippen LogP contribution in [0, 0.1) is 11.8 Å². The summed E-state index contributed by atoms with van der Waals surface area (Å²) in [6.45, 7) is 3.49. The molecule has 2 aliphatic heterocycles. The van der Waals surface area contributed by atoms with Gasteiger partial charge in [-0.2, -0.15) is 0 Å². The first-order chi connectivity index (χ1) is 8.49. The van der Waals surface area contributed by atoms with Crippen molar-refractivity contribution in [2.24, 2.45) is 11.8 Å². The van der Waals surface area contributed by atoms with Crippen molar-refractivity contribution in [3.8, 4) is 0 Å². The van der Waals surface area contributed by atoms with E-state index in [-0.39, 0.29) is 30.9 Å². The number of urea groups is 1. The molecule has 0 aliphatic carbocycles. The number of hydrogen-bond donors (Lipinski definition) is 2. The van der Waals surface area contributed by atoms with E-state index in [1.165, 1.54) is 9.80 Å². The third-order valence-electron chi connectivity index (χ3n) is 3.51. The molecule has 3 amide bonds. The Morgan fingerprint density at radius 3 is 2.61 bits per heavy atom. The van der Waals surface area contributed by atoms with Gasteiger partial charge in [0, 0.05) is 26.2 Å². The van der Waals surface area contributed by atoms with Crippen LogP contribution >= 0.6 is 0 Å². The molecule has 2 rings (SSSR count). The first-order valence-electron chi connectivity index (χ1n) is 6.02. The smallest absolute Gasteiger partial charge is 0.320 e. The Morgan fingerprint density at radius 1 is 1.33 bits per heavy atom. The van der Waals surface area contributed by atoms with E-state index in [9.17, 15) is 14.4 Å². The lowest BCUT2D eigenvalue weighted by atomic mass is 9.99. The Kier molecular flexibility index (Phi) is 3.40. The number of piperazine rings is 1. The number of aliphatic carboxylic acids is 1. The molecule has 2 heterocycles. The number of likely N-dealkylation sites (tertiary alicyclic amines) is 1. The zero-order valence-corrected chi connectivity index (χ0v) is 10.3. The Morgan fingerprint density at radius 2 is 2.06 bits per heavy atom. The lowest BCUT2D eigenvalue weighted by Gasteiger charge is -2.30. The highest BCUT2D eigenvalue weighted by molar-refractivity contribution is 5.85. The van der Waals surface area contributed by atoms with Crippen LogP contribution in [0.3, 0.4) is 0 Å². The maximum atomic E-state index is 12.1. The number of nitrogens with zero attached hydrogens (tertiary/aromatic N) is 2. The molecule has 2 aliphatic rings. The van der Waals surface area contributed by atoms with Crippen molar-refractivity contribution in [2.45, 2.75) is 6.92 Å². The van der Waals surface area contributed by atoms with E-state index in [0.717, 1.165) is 0 Å². The molecule has 2 saturated heterocycles. The fourth-order valence-corrected chi connectivity index (χ4v) is 2.45. The Labute approximate surface area is 105 Å². The maximum absolute atomic E-state index is 12.1. The second-order valence-electron chi connectivity index (χ2n) is 4.88. The summed E-state index contributed by atoms with van der Waals surface area (Å²) in [7, 11) is 0. The lowest BCUT2D eigenvalue weighted by molar-refractivity contribution is -0.142. The molecule has 2 N–H and O–H groups in total. The van der Waals surface area contributed by atoms with Crippen LogP contribution in [0.15, 0.2) is 0 Å². The third kappa shape index (κ3) is 2.39. The molecule has 0 saturated carbocycles. The van der Waals surface area contributed by atoms with E-state index in [1.54, 1.807) is 0 Å². The molecular formula is C11H17N3O4. The topological polar surface area (TPSA) is 90.0 Å². The number of carboxylic acids is 1. The van der Waals surface area contributed by atoms with Gasteiger partial charge in [0.2, 0.25) is 5.91 Å². The van der Waals surface area contributed by atoms with Crippen LogP contribution < -0.4 is 5.32 Å². The van der Waals surface area contributed by atoms with Gasteiger partial charge in [-0.25, -0.2) is 4.79 Å². The molecule has 0 bridgehead atoms. The van der Waals surface area contributed by atoms with Gasteiger partial charge >= 0.3 is 12.0 Å². The fraction of sp³-hybridized carbons (Fsp3) is 0.727. The van der Waals surface area contributed by atoms with Crippen LogP contribution in [0.4, 0.5) is 4.79 Å². The molecule has 0 aromatic heterocycles. The highest BCUT2D eigenvalue weighted by Gasteiger charge is 2.38. The molecular weight excluding hydrogens is 238 g/mol. The first-order valence-corrected chi connectivity index (χ1v) is 6.02. The van der Waals surface area contributed by atoms with Gasteiger partial charge in [0.25, 0.3) is 0 Å². The Hall–Kier alpha value is -1.79. The predicted octanol–water partition coefficient (Wildman–Crippen LogP) is -0.809. The minimum atomic E-state index is -0.866. The monoisotopic (exact) mass is 255 g/mol. The quantitative estimate of drug-likeness (QED) is 0.641. The summed E-state index contributed by atoms with van der Waals surface area (Å²) in [5.74, 6) is -1.59. The van der Waals surface area contributed by atoms with Gasteiger partial charge in [-0.15, -0.1) is 0 Å². The first kappa shape index (κ1) is 12.7. The van der Waals surface area contributed by atoms with E-state index in [2.05, 4.69) is 5.32 Å². The highest BCUT2D eigenvalue weighted by Crippen LogP contribution is 2.24. The van der Waals surface area contributed by atoms with Gasteiger partial charge in [-0.3, -0.25) is 9.59 Å². The van der Waals surface area contributed by atoms with E-state index in [1.807, 2.05) is 6.92 Å². The average molecular weight is 255 g/mol. The average Bonchev–Trinajstić information content (AvgIpc) is 2.70. The second-order valence-corrected chi connectivity index (χ2v) is 4.88. The van der Waals surface area contributed by atoms with Crippen LogP contribution in [0.25, 0.3) is 0 Å². The molecule has 2 fully saturated rings. The van der Waals surface area contributed by atoms with Crippen LogP contribution in [0.5, 0.6) is 0 Å². The molecule has 18 heavy (non-hydrogen) atoms. The summed E-state index contributed by atoms with van der Waals surface area (Å²) in [4.78, 5) is 37.3. The van der Waals surface area contributed by atoms with E-state index < -0.39 is 11.9 Å². The van der Waals surface area contributed by atoms with Gasteiger partial charge in [0.05, 0.1) is 5.92 Å². The SMILES string of the molecule is CC1CN(C(=O)N2CCNC(=O)C2)CC1C(=O)O. The highest BCUT2D eigenvalue weighted by atomic mass is 16.4. The molecule has 0 aromatic carbocycles. The third-order valence-corrected chi connectivity index (χ3v) is 3.51. The lowest BCUT2D eigenvalue weighted by Crippen LogP contribution is -2.53. The van der Waals surface area contributed by atoms with Gasteiger partial charge in [-0.05, 0) is 5.92 Å². The molecule has 7 nitrogen and oxygen atoms in total. The van der Waals surface area contributed by atoms with E-state index in [0.29, 0.717) is 19.6 Å².